The maximum Gasteiger partial charge on any atom is 0.229 e. The molecular weight excluding hydrogens is 407 g/mol. The molecule has 0 saturated carbocycles. The number of rotatable bonds is 6. The first kappa shape index (κ1) is 25.0. The van der Waals surface area contributed by atoms with Crippen LogP contribution in [0.15, 0.2) is 24.3 Å². The van der Waals surface area contributed by atoms with Crippen molar-refractivity contribution in [2.45, 2.75) is 45.6 Å². The van der Waals surface area contributed by atoms with Crippen LogP contribution < -0.4 is 15.5 Å². The second-order valence-corrected chi connectivity index (χ2v) is 7.13. The van der Waals surface area contributed by atoms with E-state index in [4.69, 9.17) is 4.98 Å². The summed E-state index contributed by atoms with van der Waals surface area (Å²) in [6.45, 7) is 6.07. The Labute approximate surface area is 185 Å². The van der Waals surface area contributed by atoms with Gasteiger partial charge in [-0.15, -0.1) is 24.8 Å². The van der Waals surface area contributed by atoms with E-state index in [1.54, 1.807) is 0 Å². The molecule has 1 aromatic carbocycles. The third-order valence-corrected chi connectivity index (χ3v) is 5.04. The smallest absolute Gasteiger partial charge is 0.229 e. The molecule has 0 spiro atoms. The summed E-state index contributed by atoms with van der Waals surface area (Å²) in [5.74, 6) is 1.57. The Hall–Kier alpha value is -2.07. The normalized spacial score (nSPS) is 15.7. The number of nitrogens with one attached hydrogen (secondary N) is 2. The molecule has 29 heavy (non-hydrogen) atoms. The highest BCUT2D eigenvalue weighted by molar-refractivity contribution is 5.85. The largest absolute Gasteiger partial charge is 0.355 e. The number of hydrogen-bond acceptors (Lipinski definition) is 6. The number of nitriles is 1. The highest BCUT2D eigenvalue weighted by Crippen LogP contribution is 2.23. The Morgan fingerprint density at radius 3 is 2.72 bits per heavy atom. The van der Waals surface area contributed by atoms with E-state index in [0.717, 1.165) is 55.1 Å². The molecule has 8 heteroatoms. The second kappa shape index (κ2) is 11.8. The van der Waals surface area contributed by atoms with E-state index < -0.39 is 0 Å². The lowest BCUT2D eigenvalue weighted by molar-refractivity contribution is 0.447. The molecule has 2 aromatic rings. The van der Waals surface area contributed by atoms with Crippen molar-refractivity contribution in [2.75, 3.05) is 30.4 Å². The molecule has 0 amide bonds. The minimum absolute atomic E-state index is 0. The third kappa shape index (κ3) is 6.46. The number of halogens is 2. The molecule has 0 unspecified atom stereocenters. The van der Waals surface area contributed by atoms with Crippen molar-refractivity contribution in [3.05, 3.63) is 41.1 Å². The first-order valence-corrected chi connectivity index (χ1v) is 9.71. The van der Waals surface area contributed by atoms with E-state index in [2.05, 4.69) is 39.6 Å². The Morgan fingerprint density at radius 1 is 1.24 bits per heavy atom. The van der Waals surface area contributed by atoms with Crippen LogP contribution in [0.25, 0.3) is 0 Å². The monoisotopic (exact) mass is 436 g/mol. The van der Waals surface area contributed by atoms with E-state index in [1.807, 2.05) is 32.2 Å². The molecule has 1 saturated heterocycles. The van der Waals surface area contributed by atoms with E-state index in [1.165, 1.54) is 6.42 Å². The molecule has 1 aliphatic heterocycles. The van der Waals surface area contributed by atoms with Crippen LogP contribution in [0.5, 0.6) is 0 Å². The topological polar surface area (TPSA) is 76.9 Å². The van der Waals surface area contributed by atoms with Gasteiger partial charge in [-0.1, -0.05) is 19.4 Å². The molecule has 2 N–H and O–H groups in total. The van der Waals surface area contributed by atoms with Gasteiger partial charge in [0.1, 0.15) is 5.82 Å². The molecule has 0 bridgehead atoms. The van der Waals surface area contributed by atoms with Crippen molar-refractivity contribution < 1.29 is 0 Å². The summed E-state index contributed by atoms with van der Waals surface area (Å²) >= 11 is 0. The molecule has 1 aromatic heterocycles. The fourth-order valence-electron chi connectivity index (χ4n) is 3.46. The standard InChI is InChI=1S/C21H28N6.2ClH/c1-4-6-17-12-20(27-10-5-7-19(14-27)23-3)26-21(24-17)25-18-9-8-15(2)16(11-18)13-22;;/h8-9,11-12,19,23H,4-7,10,14H2,1-3H3,(H,24,25,26);2*1H/t19-;;/m1../s1. The fourth-order valence-corrected chi connectivity index (χ4v) is 3.46. The number of likely N-dealkylation sites (N-methyl/N-ethyl adjacent to an activating group) is 1. The van der Waals surface area contributed by atoms with Gasteiger partial charge >= 0.3 is 0 Å². The molecule has 1 atom stereocenters. The van der Waals surface area contributed by atoms with Gasteiger partial charge in [0.05, 0.1) is 11.6 Å². The average molecular weight is 437 g/mol. The number of anilines is 3. The highest BCUT2D eigenvalue weighted by atomic mass is 35.5. The lowest BCUT2D eigenvalue weighted by Gasteiger charge is -2.33. The van der Waals surface area contributed by atoms with Gasteiger partial charge in [-0.3, -0.25) is 0 Å². The Balaban J connectivity index is 0.00000210. The summed E-state index contributed by atoms with van der Waals surface area (Å²) < 4.78 is 0. The molecule has 0 aliphatic carbocycles. The number of nitrogens with zero attached hydrogens (tertiary/aromatic N) is 4. The summed E-state index contributed by atoms with van der Waals surface area (Å²) in [6.07, 6.45) is 4.32. The van der Waals surface area contributed by atoms with Gasteiger partial charge in [0.2, 0.25) is 5.95 Å². The predicted octanol–water partition coefficient (Wildman–Crippen LogP) is 4.38. The third-order valence-electron chi connectivity index (χ3n) is 5.04. The van der Waals surface area contributed by atoms with Gasteiger partial charge in [-0.2, -0.15) is 10.2 Å². The Bertz CT molecular complexity index is 836. The SMILES string of the molecule is CCCc1cc(N2CCC[C@@H](NC)C2)nc(Nc2ccc(C)c(C#N)c2)n1.Cl.Cl. The lowest BCUT2D eigenvalue weighted by atomic mass is 10.1. The maximum absolute atomic E-state index is 9.26. The summed E-state index contributed by atoms with van der Waals surface area (Å²) in [5, 5.41) is 15.9. The molecule has 2 heterocycles. The number of aryl methyl sites for hydroxylation is 2. The van der Waals surface area contributed by atoms with Crippen LogP contribution in [0.3, 0.4) is 0 Å². The number of benzene rings is 1. The van der Waals surface area contributed by atoms with E-state index >= 15 is 0 Å². The Kier molecular flexibility index (Phi) is 10.2. The van der Waals surface area contributed by atoms with Crippen LogP contribution in [0.2, 0.25) is 0 Å². The van der Waals surface area contributed by atoms with Crippen LogP contribution in [-0.4, -0.2) is 36.1 Å². The minimum Gasteiger partial charge on any atom is -0.355 e. The van der Waals surface area contributed by atoms with Crippen molar-refractivity contribution in [3.8, 4) is 6.07 Å². The molecule has 158 valence electrons. The zero-order chi connectivity index (χ0) is 19.2. The zero-order valence-electron chi connectivity index (χ0n) is 17.2. The molecule has 6 nitrogen and oxygen atoms in total. The van der Waals surface area contributed by atoms with Crippen molar-refractivity contribution in [1.82, 2.24) is 15.3 Å². The summed E-state index contributed by atoms with van der Waals surface area (Å²) in [7, 11) is 2.02. The van der Waals surface area contributed by atoms with E-state index in [9.17, 15) is 5.26 Å². The van der Waals surface area contributed by atoms with Crippen LogP contribution in [0.4, 0.5) is 17.5 Å². The highest BCUT2D eigenvalue weighted by Gasteiger charge is 2.20. The van der Waals surface area contributed by atoms with Gasteiger partial charge in [-0.05, 0) is 50.9 Å². The molecule has 3 rings (SSSR count). The van der Waals surface area contributed by atoms with Crippen LogP contribution >= 0.6 is 24.8 Å². The van der Waals surface area contributed by atoms with Crippen LogP contribution in [0.1, 0.15) is 43.0 Å². The van der Waals surface area contributed by atoms with Gasteiger partial charge in [0.15, 0.2) is 0 Å². The lowest BCUT2D eigenvalue weighted by Crippen LogP contribution is -2.44. The molecule has 1 fully saturated rings. The quantitative estimate of drug-likeness (QED) is 0.698. The first-order valence-electron chi connectivity index (χ1n) is 9.71. The Morgan fingerprint density at radius 2 is 2.03 bits per heavy atom. The number of hydrogen-bond donors (Lipinski definition) is 2. The number of piperidine rings is 1. The van der Waals surface area contributed by atoms with Crippen LogP contribution in [0, 0.1) is 18.3 Å². The van der Waals surface area contributed by atoms with Crippen molar-refractivity contribution in [1.29, 1.82) is 5.26 Å². The first-order chi connectivity index (χ1) is 13.1. The van der Waals surface area contributed by atoms with Gasteiger partial charge in [-0.25, -0.2) is 4.98 Å². The average Bonchev–Trinajstić information content (AvgIpc) is 2.69. The maximum atomic E-state index is 9.26. The zero-order valence-corrected chi connectivity index (χ0v) is 18.9. The predicted molar refractivity (Wildman–Crippen MR) is 124 cm³/mol. The summed E-state index contributed by atoms with van der Waals surface area (Å²) in [6, 6.07) is 10.6. The number of aromatic nitrogens is 2. The van der Waals surface area contributed by atoms with Gasteiger partial charge in [0.25, 0.3) is 0 Å². The second-order valence-electron chi connectivity index (χ2n) is 7.13. The summed E-state index contributed by atoms with van der Waals surface area (Å²) in [5.41, 5.74) is 3.52. The van der Waals surface area contributed by atoms with Crippen LogP contribution in [-0.2, 0) is 6.42 Å². The van der Waals surface area contributed by atoms with E-state index in [-0.39, 0.29) is 24.8 Å². The van der Waals surface area contributed by atoms with Crippen molar-refractivity contribution in [3.63, 3.8) is 0 Å². The van der Waals surface area contributed by atoms with Gasteiger partial charge < -0.3 is 15.5 Å². The summed E-state index contributed by atoms with van der Waals surface area (Å²) in [4.78, 5) is 11.8. The minimum atomic E-state index is 0. The fraction of sp³-hybridized carbons (Fsp3) is 0.476. The molecular formula is C21H30Cl2N6. The molecule has 1 aliphatic rings. The molecule has 0 radical (unpaired) electrons. The van der Waals surface area contributed by atoms with Crippen molar-refractivity contribution >= 4 is 42.3 Å². The van der Waals surface area contributed by atoms with Gasteiger partial charge in [0, 0.05) is 36.6 Å². The van der Waals surface area contributed by atoms with Crippen molar-refractivity contribution in [2.24, 2.45) is 0 Å². The van der Waals surface area contributed by atoms with E-state index in [0.29, 0.717) is 17.6 Å².